The van der Waals surface area contributed by atoms with Gasteiger partial charge in [-0.3, -0.25) is 0 Å². The van der Waals surface area contributed by atoms with Gasteiger partial charge in [-0.1, -0.05) is 25.0 Å². The van der Waals surface area contributed by atoms with Crippen molar-refractivity contribution < 1.29 is 31.1 Å². The Hall–Kier alpha value is -1.50. The van der Waals surface area contributed by atoms with Gasteiger partial charge in [-0.05, 0) is 55.2 Å². The number of hydrogen-bond donors (Lipinski definition) is 0. The minimum atomic E-state index is -4.79. The van der Waals surface area contributed by atoms with Gasteiger partial charge in [0.15, 0.2) is 0 Å². The Kier molecular flexibility index (Phi) is 7.77. The van der Waals surface area contributed by atoms with Crippen LogP contribution >= 0.6 is 0 Å². The van der Waals surface area contributed by atoms with E-state index in [0.29, 0.717) is 30.9 Å². The van der Waals surface area contributed by atoms with Crippen LogP contribution in [0.2, 0.25) is 0 Å². The Bertz CT molecular complexity index is 605. The molecule has 0 heterocycles. The molecule has 0 saturated heterocycles. The van der Waals surface area contributed by atoms with Crippen LogP contribution < -0.4 is 0 Å². The smallest absolute Gasteiger partial charge is 0.367 e. The molecule has 1 aromatic rings. The summed E-state index contributed by atoms with van der Waals surface area (Å²) in [5.74, 6) is -1.23. The van der Waals surface area contributed by atoms with Crippen molar-refractivity contribution in [3.8, 4) is 0 Å². The summed E-state index contributed by atoms with van der Waals surface area (Å²) in [7, 11) is 0. The first-order valence-electron chi connectivity index (χ1n) is 9.08. The minimum Gasteiger partial charge on any atom is -0.367 e. The first kappa shape index (κ1) is 21.8. The molecule has 0 bridgehead atoms. The Morgan fingerprint density at radius 2 is 1.81 bits per heavy atom. The van der Waals surface area contributed by atoms with E-state index in [1.165, 1.54) is 0 Å². The highest BCUT2D eigenvalue weighted by Crippen LogP contribution is 2.36. The highest BCUT2D eigenvalue weighted by atomic mass is 19.4. The first-order chi connectivity index (χ1) is 12.7. The molecule has 1 unspecified atom stereocenters. The second kappa shape index (κ2) is 9.62. The fraction of sp³-hybridized carbons (Fsp3) is 0.600. The Morgan fingerprint density at radius 3 is 2.33 bits per heavy atom. The summed E-state index contributed by atoms with van der Waals surface area (Å²) < 4.78 is 83.5. The third kappa shape index (κ3) is 6.26. The van der Waals surface area contributed by atoms with Crippen molar-refractivity contribution in [3.63, 3.8) is 0 Å². The fourth-order valence-electron chi connectivity index (χ4n) is 3.64. The average molecular weight is 394 g/mol. The second-order valence-electron chi connectivity index (χ2n) is 7.07. The molecular formula is C20H24F6O. The fourth-order valence-corrected chi connectivity index (χ4v) is 3.64. The summed E-state index contributed by atoms with van der Waals surface area (Å²) in [6, 6.07) is 2.36. The van der Waals surface area contributed by atoms with Crippen LogP contribution in [0.25, 0.3) is 0 Å². The Morgan fingerprint density at radius 1 is 1.15 bits per heavy atom. The standard InChI is InChI=1S/C20H24F6O/c1-2-3-4-13-5-8-15(9-6-13)18(19(22)23)27-12-14-7-10-16(17(21)11-14)20(24,25)26/h2,7,10-11,13,15,18-19H,1,3-6,8-9,12H2. The van der Waals surface area contributed by atoms with Gasteiger partial charge in [0.1, 0.15) is 11.9 Å². The summed E-state index contributed by atoms with van der Waals surface area (Å²) in [5, 5.41) is 0. The van der Waals surface area contributed by atoms with Crippen molar-refractivity contribution in [1.82, 2.24) is 0 Å². The van der Waals surface area contributed by atoms with Gasteiger partial charge in [0.25, 0.3) is 6.43 Å². The number of allylic oxidation sites excluding steroid dienone is 1. The maximum absolute atomic E-state index is 13.6. The summed E-state index contributed by atoms with van der Waals surface area (Å²) in [6.07, 6.45) is -2.09. The van der Waals surface area contributed by atoms with E-state index in [1.807, 2.05) is 6.08 Å². The number of benzene rings is 1. The molecule has 0 amide bonds. The van der Waals surface area contributed by atoms with E-state index in [4.69, 9.17) is 4.74 Å². The SMILES string of the molecule is C=CCCC1CCC(C(OCc2ccc(C(F)(F)F)c(F)c2)C(F)F)CC1. The molecule has 1 fully saturated rings. The van der Waals surface area contributed by atoms with Gasteiger partial charge in [-0.25, -0.2) is 13.2 Å². The minimum absolute atomic E-state index is 0.103. The number of alkyl halides is 5. The topological polar surface area (TPSA) is 9.23 Å². The van der Waals surface area contributed by atoms with Gasteiger partial charge in [0.2, 0.25) is 0 Å². The molecule has 1 aliphatic rings. The normalized spacial score (nSPS) is 22.0. The van der Waals surface area contributed by atoms with E-state index in [0.717, 1.165) is 31.7 Å². The number of rotatable bonds is 8. The van der Waals surface area contributed by atoms with Crippen LogP contribution in [0, 0.1) is 17.7 Å². The predicted octanol–water partition coefficient (Wildman–Crippen LogP) is 6.77. The van der Waals surface area contributed by atoms with Crippen molar-refractivity contribution in [2.24, 2.45) is 11.8 Å². The molecule has 0 N–H and O–H groups in total. The Labute approximate surface area is 155 Å². The third-order valence-corrected chi connectivity index (χ3v) is 5.16. The molecular weight excluding hydrogens is 370 g/mol. The molecule has 2 rings (SSSR count). The monoisotopic (exact) mass is 394 g/mol. The lowest BCUT2D eigenvalue weighted by atomic mass is 9.77. The van der Waals surface area contributed by atoms with Gasteiger partial charge in [-0.2, -0.15) is 13.2 Å². The number of ether oxygens (including phenoxy) is 1. The summed E-state index contributed by atoms with van der Waals surface area (Å²) >= 11 is 0. The predicted molar refractivity (Wildman–Crippen MR) is 90.9 cm³/mol. The first-order valence-corrected chi connectivity index (χ1v) is 9.08. The van der Waals surface area contributed by atoms with Crippen molar-refractivity contribution in [2.45, 2.75) is 63.8 Å². The van der Waals surface area contributed by atoms with E-state index < -0.39 is 30.1 Å². The molecule has 7 heteroatoms. The maximum atomic E-state index is 13.6. The lowest BCUT2D eigenvalue weighted by Gasteiger charge is -2.33. The molecule has 27 heavy (non-hydrogen) atoms. The largest absolute Gasteiger partial charge is 0.419 e. The zero-order valence-corrected chi connectivity index (χ0v) is 15.0. The van der Waals surface area contributed by atoms with Crippen molar-refractivity contribution in [1.29, 1.82) is 0 Å². The summed E-state index contributed by atoms with van der Waals surface area (Å²) in [4.78, 5) is 0. The zero-order valence-electron chi connectivity index (χ0n) is 15.0. The highest BCUT2D eigenvalue weighted by Gasteiger charge is 2.35. The summed E-state index contributed by atoms with van der Waals surface area (Å²) in [5.41, 5.74) is -1.28. The van der Waals surface area contributed by atoms with Gasteiger partial charge in [0.05, 0.1) is 12.2 Å². The van der Waals surface area contributed by atoms with Gasteiger partial charge < -0.3 is 4.74 Å². The maximum Gasteiger partial charge on any atom is 0.419 e. The van der Waals surface area contributed by atoms with E-state index in [1.54, 1.807) is 0 Å². The van der Waals surface area contributed by atoms with Crippen molar-refractivity contribution in [3.05, 3.63) is 47.8 Å². The average Bonchev–Trinajstić information content (AvgIpc) is 2.60. The van der Waals surface area contributed by atoms with Crippen LogP contribution in [0.4, 0.5) is 26.3 Å². The molecule has 1 aliphatic carbocycles. The lowest BCUT2D eigenvalue weighted by molar-refractivity contribution is -0.140. The second-order valence-corrected chi connectivity index (χ2v) is 7.07. The van der Waals surface area contributed by atoms with E-state index >= 15 is 0 Å². The van der Waals surface area contributed by atoms with Gasteiger partial charge >= 0.3 is 6.18 Å². The van der Waals surface area contributed by atoms with E-state index in [-0.39, 0.29) is 18.1 Å². The Balaban J connectivity index is 1.94. The van der Waals surface area contributed by atoms with Crippen LogP contribution in [-0.2, 0) is 17.5 Å². The highest BCUT2D eigenvalue weighted by molar-refractivity contribution is 5.26. The molecule has 152 valence electrons. The van der Waals surface area contributed by atoms with Crippen LogP contribution in [0.1, 0.15) is 49.7 Å². The van der Waals surface area contributed by atoms with Crippen LogP contribution in [-0.4, -0.2) is 12.5 Å². The lowest BCUT2D eigenvalue weighted by Crippen LogP contribution is -2.34. The molecule has 0 aliphatic heterocycles. The molecule has 1 aromatic carbocycles. The van der Waals surface area contributed by atoms with Gasteiger partial charge in [-0.15, -0.1) is 6.58 Å². The molecule has 1 nitrogen and oxygen atoms in total. The number of halogens is 6. The number of hydrogen-bond acceptors (Lipinski definition) is 1. The van der Waals surface area contributed by atoms with Crippen LogP contribution in [0.5, 0.6) is 0 Å². The molecule has 1 atom stereocenters. The zero-order chi connectivity index (χ0) is 20.0. The van der Waals surface area contributed by atoms with Crippen LogP contribution in [0.3, 0.4) is 0 Å². The molecule has 0 aromatic heterocycles. The molecule has 0 radical (unpaired) electrons. The third-order valence-electron chi connectivity index (χ3n) is 5.16. The van der Waals surface area contributed by atoms with Crippen molar-refractivity contribution >= 4 is 0 Å². The van der Waals surface area contributed by atoms with E-state index in [9.17, 15) is 26.3 Å². The van der Waals surface area contributed by atoms with Gasteiger partial charge in [0, 0.05) is 0 Å². The quantitative estimate of drug-likeness (QED) is 0.349. The van der Waals surface area contributed by atoms with Crippen LogP contribution in [0.15, 0.2) is 30.9 Å². The molecule has 0 spiro atoms. The van der Waals surface area contributed by atoms with E-state index in [2.05, 4.69) is 6.58 Å². The molecule has 1 saturated carbocycles. The van der Waals surface area contributed by atoms with Crippen molar-refractivity contribution in [2.75, 3.05) is 0 Å². The summed E-state index contributed by atoms with van der Waals surface area (Å²) in [6.45, 7) is 3.33.